The smallest absolute Gasteiger partial charge is 0.274 e. The Hall–Kier alpha value is -2.64. The minimum absolute atomic E-state index is 0.192. The fourth-order valence-corrected chi connectivity index (χ4v) is 4.27. The molecule has 170 valence electrons. The first-order valence-electron chi connectivity index (χ1n) is 11.3. The van der Waals surface area contributed by atoms with Crippen LogP contribution in [0.2, 0.25) is 0 Å². The van der Waals surface area contributed by atoms with Crippen molar-refractivity contribution in [1.82, 2.24) is 10.4 Å². The van der Waals surface area contributed by atoms with Gasteiger partial charge in [-0.15, -0.1) is 0 Å². The number of nitrogens with one attached hydrogen (secondary N) is 1. The van der Waals surface area contributed by atoms with E-state index in [4.69, 9.17) is 9.57 Å². The van der Waals surface area contributed by atoms with E-state index in [1.165, 1.54) is 23.7 Å². The topological polar surface area (TPSA) is 67.9 Å². The molecule has 6 nitrogen and oxygen atoms in total. The van der Waals surface area contributed by atoms with Crippen molar-refractivity contribution < 1.29 is 19.2 Å². The number of carbonyl (C=O) groups is 2. The number of morpholine rings is 1. The lowest BCUT2D eigenvalue weighted by Crippen LogP contribution is -2.41. The lowest BCUT2D eigenvalue weighted by atomic mass is 9.85. The van der Waals surface area contributed by atoms with Crippen LogP contribution in [0.1, 0.15) is 52.2 Å². The maximum Gasteiger partial charge on any atom is 0.274 e. The number of hydrogen-bond acceptors (Lipinski definition) is 4. The van der Waals surface area contributed by atoms with E-state index in [2.05, 4.69) is 37.6 Å². The van der Waals surface area contributed by atoms with Crippen LogP contribution in [0.15, 0.2) is 42.5 Å². The number of hydrogen-bond donors (Lipinski definition) is 1. The molecule has 1 saturated heterocycles. The van der Waals surface area contributed by atoms with Crippen LogP contribution in [0.3, 0.4) is 0 Å². The average Bonchev–Trinajstić information content (AvgIpc) is 2.80. The van der Waals surface area contributed by atoms with Crippen molar-refractivity contribution in [2.24, 2.45) is 0 Å². The maximum absolute atomic E-state index is 12.9. The molecule has 32 heavy (non-hydrogen) atoms. The number of aryl methyl sites for hydroxylation is 2. The molecule has 1 fully saturated rings. The van der Waals surface area contributed by atoms with E-state index in [1.54, 1.807) is 0 Å². The summed E-state index contributed by atoms with van der Waals surface area (Å²) < 4.78 is 5.39. The summed E-state index contributed by atoms with van der Waals surface area (Å²) in [7, 11) is 3.52. The number of amides is 2. The number of nitrogens with zero attached hydrogens (tertiary/aromatic N) is 1. The van der Waals surface area contributed by atoms with Crippen LogP contribution >= 0.6 is 0 Å². The van der Waals surface area contributed by atoms with Gasteiger partial charge in [-0.3, -0.25) is 14.4 Å². The highest BCUT2D eigenvalue weighted by Crippen LogP contribution is 2.27. The molecule has 0 aliphatic carbocycles. The first kappa shape index (κ1) is 24.0. The summed E-state index contributed by atoms with van der Waals surface area (Å²) in [5, 5.41) is 0. The highest BCUT2D eigenvalue weighted by atomic mass is 16.6. The lowest BCUT2D eigenvalue weighted by Gasteiger charge is -2.29. The lowest BCUT2D eigenvalue weighted by molar-refractivity contribution is -0.135. The maximum atomic E-state index is 12.9. The molecule has 0 aromatic heterocycles. The summed E-state index contributed by atoms with van der Waals surface area (Å²) in [5.41, 5.74) is 7.69. The van der Waals surface area contributed by atoms with Crippen molar-refractivity contribution >= 4 is 25.1 Å². The second-order valence-corrected chi connectivity index (χ2v) is 8.48. The van der Waals surface area contributed by atoms with Crippen molar-refractivity contribution in [3.05, 3.63) is 64.7 Å². The number of rotatable bonds is 9. The molecule has 1 aliphatic heterocycles. The van der Waals surface area contributed by atoms with Gasteiger partial charge in [-0.1, -0.05) is 35.8 Å². The fraction of sp³-hybridized carbons (Fsp3) is 0.440. The molecule has 0 bridgehead atoms. The Morgan fingerprint density at radius 3 is 2.66 bits per heavy atom. The van der Waals surface area contributed by atoms with E-state index in [0.717, 1.165) is 24.8 Å². The van der Waals surface area contributed by atoms with Gasteiger partial charge < -0.3 is 9.64 Å². The van der Waals surface area contributed by atoms with Crippen LogP contribution < -0.4 is 10.9 Å². The fourth-order valence-electron chi connectivity index (χ4n) is 4.27. The van der Waals surface area contributed by atoms with Gasteiger partial charge in [-0.2, -0.15) is 0 Å². The molecule has 1 aliphatic rings. The zero-order chi connectivity index (χ0) is 22.9. The van der Waals surface area contributed by atoms with Gasteiger partial charge in [0, 0.05) is 25.1 Å². The van der Waals surface area contributed by atoms with E-state index in [1.807, 2.05) is 30.0 Å². The Kier molecular flexibility index (Phi) is 8.88. The van der Waals surface area contributed by atoms with Gasteiger partial charge in [0.1, 0.15) is 7.85 Å². The number of ether oxygens (including phenoxy) is 1. The molecule has 7 heteroatoms. The van der Waals surface area contributed by atoms with Crippen LogP contribution in [-0.4, -0.2) is 58.0 Å². The van der Waals surface area contributed by atoms with Crippen molar-refractivity contribution in [2.45, 2.75) is 38.5 Å². The highest BCUT2D eigenvalue weighted by molar-refractivity contribution is 6.32. The van der Waals surface area contributed by atoms with E-state index >= 15 is 0 Å². The van der Waals surface area contributed by atoms with Crippen molar-refractivity contribution in [1.29, 1.82) is 0 Å². The summed E-state index contributed by atoms with van der Waals surface area (Å²) in [6.45, 7) is 4.64. The van der Waals surface area contributed by atoms with Gasteiger partial charge in [-0.05, 0) is 60.9 Å². The van der Waals surface area contributed by atoms with E-state index in [9.17, 15) is 9.59 Å². The Bertz CT molecular complexity index is 928. The predicted octanol–water partition coefficient (Wildman–Crippen LogP) is 1.90. The quantitative estimate of drug-likeness (QED) is 0.482. The van der Waals surface area contributed by atoms with Crippen molar-refractivity contribution in [3.63, 3.8) is 0 Å². The summed E-state index contributed by atoms with van der Waals surface area (Å²) in [4.78, 5) is 31.5. The van der Waals surface area contributed by atoms with Crippen LogP contribution in [0, 0.1) is 6.92 Å². The number of benzene rings is 2. The zero-order valence-corrected chi connectivity index (χ0v) is 19.4. The summed E-state index contributed by atoms with van der Waals surface area (Å²) in [5.74, 6) is 0.157. The molecule has 0 radical (unpaired) electrons. The van der Waals surface area contributed by atoms with E-state index in [0.29, 0.717) is 38.3 Å². The first-order valence-corrected chi connectivity index (χ1v) is 11.3. The molecule has 1 heterocycles. The molecule has 2 aromatic carbocycles. The van der Waals surface area contributed by atoms with Gasteiger partial charge >= 0.3 is 0 Å². The molecule has 1 unspecified atom stereocenters. The Morgan fingerprint density at radius 1 is 1.19 bits per heavy atom. The van der Waals surface area contributed by atoms with Gasteiger partial charge in [-0.25, -0.2) is 5.48 Å². The molecular formula is C25H33BN2O4. The third-order valence-electron chi connectivity index (χ3n) is 6.10. The van der Waals surface area contributed by atoms with Crippen LogP contribution in [0.5, 0.6) is 0 Å². The van der Waals surface area contributed by atoms with Gasteiger partial charge in [0.15, 0.2) is 0 Å². The molecule has 2 aromatic rings. The van der Waals surface area contributed by atoms with Gasteiger partial charge in [0.25, 0.3) is 5.91 Å². The third kappa shape index (κ3) is 6.68. The van der Waals surface area contributed by atoms with E-state index < -0.39 is 0 Å². The van der Waals surface area contributed by atoms with Gasteiger partial charge in [0.2, 0.25) is 5.91 Å². The van der Waals surface area contributed by atoms with Crippen LogP contribution in [-0.2, 0) is 20.8 Å². The number of hydroxylamine groups is 1. The predicted molar refractivity (Wildman–Crippen MR) is 128 cm³/mol. The standard InChI is InChI=1S/C25H33BN2O4/c1-18-15-22(25(30)27-31-2)10-9-19(18)5-3-6-21(20-7-4-8-23(26)16-20)17-24(29)28-11-13-32-14-12-28/h4,7-10,15-16,21H,3,5-6,11-14,17,26H2,1-2H3,(H,27,30). The first-order chi connectivity index (χ1) is 15.5. The Labute approximate surface area is 191 Å². The van der Waals surface area contributed by atoms with Crippen molar-refractivity contribution in [2.75, 3.05) is 33.4 Å². The van der Waals surface area contributed by atoms with Crippen molar-refractivity contribution in [3.8, 4) is 0 Å². The monoisotopic (exact) mass is 436 g/mol. The van der Waals surface area contributed by atoms with Gasteiger partial charge in [0.05, 0.1) is 20.3 Å². The van der Waals surface area contributed by atoms with Crippen LogP contribution in [0.25, 0.3) is 0 Å². The molecule has 2 amide bonds. The third-order valence-corrected chi connectivity index (χ3v) is 6.10. The number of carbonyl (C=O) groups excluding carboxylic acids is 2. The summed E-state index contributed by atoms with van der Waals surface area (Å²) in [6, 6.07) is 14.2. The SMILES string of the molecule is Bc1cccc(C(CCCc2ccc(C(=O)NOC)cc2C)CC(=O)N2CCOCC2)c1. The largest absolute Gasteiger partial charge is 0.378 e. The minimum atomic E-state index is -0.247. The normalized spacial score (nSPS) is 14.8. The average molecular weight is 436 g/mol. The van der Waals surface area contributed by atoms with Crippen LogP contribution in [0.4, 0.5) is 0 Å². The summed E-state index contributed by atoms with van der Waals surface area (Å²) >= 11 is 0. The van der Waals surface area contributed by atoms with E-state index in [-0.39, 0.29) is 17.7 Å². The Morgan fingerprint density at radius 2 is 1.97 bits per heavy atom. The molecular weight excluding hydrogens is 403 g/mol. The molecule has 1 atom stereocenters. The zero-order valence-electron chi connectivity index (χ0n) is 19.4. The second-order valence-electron chi connectivity index (χ2n) is 8.48. The second kappa shape index (κ2) is 11.8. The molecule has 0 saturated carbocycles. The Balaban J connectivity index is 1.64. The molecule has 1 N–H and O–H groups in total. The minimum Gasteiger partial charge on any atom is -0.378 e. The summed E-state index contributed by atoms with van der Waals surface area (Å²) in [6.07, 6.45) is 3.34. The highest BCUT2D eigenvalue weighted by Gasteiger charge is 2.22. The molecule has 0 spiro atoms. The molecule has 3 rings (SSSR count).